The summed E-state index contributed by atoms with van der Waals surface area (Å²) < 4.78 is 0. The van der Waals surface area contributed by atoms with Crippen LogP contribution in [0, 0.1) is 11.3 Å². The molecule has 0 amide bonds. The van der Waals surface area contributed by atoms with Gasteiger partial charge in [-0.05, 0) is 41.1 Å². The van der Waals surface area contributed by atoms with E-state index >= 15 is 0 Å². The van der Waals surface area contributed by atoms with Gasteiger partial charge in [0.05, 0.1) is 11.6 Å². The van der Waals surface area contributed by atoms with Crippen LogP contribution in [0.4, 0.5) is 0 Å². The first-order chi connectivity index (χ1) is 8.85. The van der Waals surface area contributed by atoms with Gasteiger partial charge >= 0.3 is 0 Å². The van der Waals surface area contributed by atoms with Crippen molar-refractivity contribution in [2.45, 2.75) is 19.5 Å². The summed E-state index contributed by atoms with van der Waals surface area (Å²) in [7, 11) is 0. The zero-order valence-corrected chi connectivity index (χ0v) is 10.9. The molecule has 3 heteroatoms. The highest BCUT2D eigenvalue weighted by molar-refractivity contribution is 7.10. The zero-order valence-electron chi connectivity index (χ0n) is 10.1. The lowest BCUT2D eigenvalue weighted by Gasteiger charge is -2.26. The maximum atomic E-state index is 8.78. The fraction of sp³-hybridized carbons (Fsp3) is 0.267. The molecule has 0 atom stereocenters. The van der Waals surface area contributed by atoms with Crippen molar-refractivity contribution in [1.29, 1.82) is 5.26 Å². The minimum Gasteiger partial charge on any atom is -0.294 e. The van der Waals surface area contributed by atoms with Crippen LogP contribution in [0.25, 0.3) is 0 Å². The van der Waals surface area contributed by atoms with Crippen molar-refractivity contribution in [3.8, 4) is 6.07 Å². The topological polar surface area (TPSA) is 27.0 Å². The third-order valence-corrected chi connectivity index (χ3v) is 4.40. The first-order valence-electron chi connectivity index (χ1n) is 6.12. The lowest BCUT2D eigenvalue weighted by atomic mass is 10.1. The van der Waals surface area contributed by atoms with Crippen molar-refractivity contribution >= 4 is 11.3 Å². The van der Waals surface area contributed by atoms with E-state index in [2.05, 4.69) is 34.5 Å². The van der Waals surface area contributed by atoms with Crippen molar-refractivity contribution in [1.82, 2.24) is 4.90 Å². The van der Waals surface area contributed by atoms with E-state index in [0.29, 0.717) is 0 Å². The molecule has 1 aromatic heterocycles. The van der Waals surface area contributed by atoms with E-state index in [1.807, 2.05) is 23.5 Å². The van der Waals surface area contributed by atoms with Crippen LogP contribution in [0.1, 0.15) is 21.6 Å². The first-order valence-corrected chi connectivity index (χ1v) is 7.00. The highest BCUT2D eigenvalue weighted by Crippen LogP contribution is 2.24. The molecule has 2 aromatic rings. The van der Waals surface area contributed by atoms with Crippen molar-refractivity contribution in [3.63, 3.8) is 0 Å². The van der Waals surface area contributed by atoms with Crippen LogP contribution < -0.4 is 0 Å². The Bertz CT molecular complexity index is 577. The highest BCUT2D eigenvalue weighted by Gasteiger charge is 2.16. The standard InChI is InChI=1S/C15H14N2S/c16-9-12-1-3-13(4-2-12)10-17-7-5-15-14(11-17)6-8-18-15/h1-4,6,8H,5,7,10-11H2. The van der Waals surface area contributed by atoms with Gasteiger partial charge in [0.15, 0.2) is 0 Å². The van der Waals surface area contributed by atoms with Gasteiger partial charge in [-0.3, -0.25) is 4.90 Å². The monoisotopic (exact) mass is 254 g/mol. The number of benzene rings is 1. The maximum Gasteiger partial charge on any atom is 0.0991 e. The molecule has 1 aliphatic heterocycles. The van der Waals surface area contributed by atoms with Crippen molar-refractivity contribution in [3.05, 3.63) is 57.3 Å². The number of thiophene rings is 1. The van der Waals surface area contributed by atoms with Crippen LogP contribution in [0.5, 0.6) is 0 Å². The lowest BCUT2D eigenvalue weighted by Crippen LogP contribution is -2.29. The second-order valence-electron chi connectivity index (χ2n) is 4.64. The Morgan fingerprint density at radius 2 is 2.06 bits per heavy atom. The van der Waals surface area contributed by atoms with Crippen LogP contribution in [0.15, 0.2) is 35.7 Å². The summed E-state index contributed by atoms with van der Waals surface area (Å²) in [6, 6.07) is 12.3. The van der Waals surface area contributed by atoms with Crippen LogP contribution >= 0.6 is 11.3 Å². The van der Waals surface area contributed by atoms with Gasteiger partial charge in [-0.1, -0.05) is 12.1 Å². The molecule has 0 radical (unpaired) electrons. The Kier molecular flexibility index (Phi) is 3.14. The summed E-state index contributed by atoms with van der Waals surface area (Å²) in [6.45, 7) is 3.16. The zero-order chi connectivity index (χ0) is 12.4. The van der Waals surface area contributed by atoms with Gasteiger partial charge in [-0.15, -0.1) is 11.3 Å². The van der Waals surface area contributed by atoms with Crippen LogP contribution in [-0.4, -0.2) is 11.4 Å². The molecule has 0 fully saturated rings. The van der Waals surface area contributed by atoms with Gasteiger partial charge in [-0.2, -0.15) is 5.26 Å². The van der Waals surface area contributed by atoms with E-state index in [4.69, 9.17) is 5.26 Å². The molecule has 1 aliphatic rings. The maximum absolute atomic E-state index is 8.78. The normalized spacial score (nSPS) is 15.1. The van der Waals surface area contributed by atoms with E-state index in [1.165, 1.54) is 17.5 Å². The summed E-state index contributed by atoms with van der Waals surface area (Å²) in [5.41, 5.74) is 3.50. The SMILES string of the molecule is N#Cc1ccc(CN2CCc3sccc3C2)cc1. The van der Waals surface area contributed by atoms with Gasteiger partial charge in [-0.25, -0.2) is 0 Å². The highest BCUT2D eigenvalue weighted by atomic mass is 32.1. The molecule has 0 saturated carbocycles. The molecule has 0 spiro atoms. The van der Waals surface area contributed by atoms with Crippen LogP contribution in [-0.2, 0) is 19.5 Å². The minimum absolute atomic E-state index is 0.734. The molecular formula is C15H14N2S. The van der Waals surface area contributed by atoms with E-state index in [1.54, 1.807) is 4.88 Å². The fourth-order valence-electron chi connectivity index (χ4n) is 2.38. The molecule has 0 aliphatic carbocycles. The molecule has 0 unspecified atom stereocenters. The molecule has 90 valence electrons. The number of nitrogens with zero attached hydrogens (tertiary/aromatic N) is 2. The van der Waals surface area contributed by atoms with Crippen LogP contribution in [0.2, 0.25) is 0 Å². The quantitative estimate of drug-likeness (QED) is 0.823. The Labute approximate surface area is 111 Å². The molecular weight excluding hydrogens is 240 g/mol. The number of rotatable bonds is 2. The number of nitriles is 1. The predicted octanol–water partition coefficient (Wildman–Crippen LogP) is 3.18. The summed E-state index contributed by atoms with van der Waals surface area (Å²) in [6.07, 6.45) is 1.17. The molecule has 0 saturated heterocycles. The first kappa shape index (κ1) is 11.5. The average Bonchev–Trinajstić information content (AvgIpc) is 2.87. The molecule has 1 aromatic carbocycles. The Morgan fingerprint density at radius 3 is 2.83 bits per heavy atom. The smallest absolute Gasteiger partial charge is 0.0991 e. The van der Waals surface area contributed by atoms with Crippen molar-refractivity contribution in [2.24, 2.45) is 0 Å². The van der Waals surface area contributed by atoms with E-state index < -0.39 is 0 Å². The van der Waals surface area contributed by atoms with E-state index in [9.17, 15) is 0 Å². The molecule has 2 nitrogen and oxygen atoms in total. The average molecular weight is 254 g/mol. The third kappa shape index (κ3) is 2.31. The fourth-order valence-corrected chi connectivity index (χ4v) is 3.27. The van der Waals surface area contributed by atoms with E-state index in [-0.39, 0.29) is 0 Å². The lowest BCUT2D eigenvalue weighted by molar-refractivity contribution is 0.247. The minimum atomic E-state index is 0.734. The van der Waals surface area contributed by atoms with Gasteiger partial charge in [0.25, 0.3) is 0 Å². The van der Waals surface area contributed by atoms with Gasteiger partial charge in [0, 0.05) is 24.5 Å². The largest absolute Gasteiger partial charge is 0.294 e. The molecule has 0 N–H and O–H groups in total. The predicted molar refractivity (Wildman–Crippen MR) is 73.3 cm³/mol. The van der Waals surface area contributed by atoms with Crippen LogP contribution in [0.3, 0.4) is 0 Å². The Balaban J connectivity index is 1.69. The summed E-state index contributed by atoms with van der Waals surface area (Å²) in [5, 5.41) is 11.0. The molecule has 18 heavy (non-hydrogen) atoms. The molecule has 0 bridgehead atoms. The van der Waals surface area contributed by atoms with Gasteiger partial charge < -0.3 is 0 Å². The van der Waals surface area contributed by atoms with Crippen molar-refractivity contribution in [2.75, 3.05) is 6.54 Å². The third-order valence-electron chi connectivity index (χ3n) is 3.38. The number of hydrogen-bond acceptors (Lipinski definition) is 3. The summed E-state index contributed by atoms with van der Waals surface area (Å²) >= 11 is 1.88. The summed E-state index contributed by atoms with van der Waals surface area (Å²) in [5.74, 6) is 0. The second kappa shape index (κ2) is 4.93. The Morgan fingerprint density at radius 1 is 1.22 bits per heavy atom. The second-order valence-corrected chi connectivity index (χ2v) is 5.64. The molecule has 3 rings (SSSR count). The van der Waals surface area contributed by atoms with E-state index in [0.717, 1.165) is 25.2 Å². The van der Waals surface area contributed by atoms with Crippen molar-refractivity contribution < 1.29 is 0 Å². The summed E-state index contributed by atoms with van der Waals surface area (Å²) in [4.78, 5) is 4.02. The molecule has 2 heterocycles. The number of hydrogen-bond donors (Lipinski definition) is 0. The van der Waals surface area contributed by atoms with Gasteiger partial charge in [0.1, 0.15) is 0 Å². The number of fused-ring (bicyclic) bond motifs is 1. The Hall–Kier alpha value is -1.63. The van der Waals surface area contributed by atoms with Gasteiger partial charge in [0.2, 0.25) is 0 Å².